The molecule has 0 saturated carbocycles. The fourth-order valence-corrected chi connectivity index (χ4v) is 3.59. The highest BCUT2D eigenvalue weighted by molar-refractivity contribution is 7.89. The third-order valence-corrected chi connectivity index (χ3v) is 4.89. The number of para-hydroxylation sites is 2. The number of hydrogen-bond donors (Lipinski definition) is 1. The van der Waals surface area contributed by atoms with Gasteiger partial charge in [0.05, 0.1) is 23.1 Å². The summed E-state index contributed by atoms with van der Waals surface area (Å²) in [4.78, 5) is 16.5. The molecule has 0 unspecified atom stereocenters. The van der Waals surface area contributed by atoms with E-state index in [4.69, 9.17) is 0 Å². The second-order valence-electron chi connectivity index (χ2n) is 6.30. The molecule has 6 nitrogen and oxygen atoms in total. The maximum absolute atomic E-state index is 12.2. The summed E-state index contributed by atoms with van der Waals surface area (Å²) in [7, 11) is -3.07. The third kappa shape index (κ3) is 4.70. The van der Waals surface area contributed by atoms with Crippen LogP contribution in [0.15, 0.2) is 54.9 Å². The van der Waals surface area contributed by atoms with Crippen molar-refractivity contribution in [3.05, 3.63) is 66.0 Å². The van der Waals surface area contributed by atoms with E-state index in [0.717, 1.165) is 24.0 Å². The van der Waals surface area contributed by atoms with Gasteiger partial charge in [-0.25, -0.2) is 13.4 Å². The smallest absolute Gasteiger partial charge is 0.251 e. The number of carbonyl (C=O) groups excluding carboxylic acids is 1. The molecule has 0 atom stereocenters. The molecule has 0 aliphatic heterocycles. The van der Waals surface area contributed by atoms with Crippen molar-refractivity contribution in [1.29, 1.82) is 0 Å². The molecule has 3 rings (SSSR count). The van der Waals surface area contributed by atoms with Crippen molar-refractivity contribution in [2.45, 2.75) is 18.7 Å². The molecule has 2 aromatic carbocycles. The van der Waals surface area contributed by atoms with Gasteiger partial charge in [0.2, 0.25) is 0 Å². The van der Waals surface area contributed by atoms with Crippen molar-refractivity contribution in [3.63, 3.8) is 0 Å². The highest BCUT2D eigenvalue weighted by Gasteiger charge is 2.08. The van der Waals surface area contributed by atoms with Crippen LogP contribution in [-0.4, -0.2) is 36.7 Å². The molecule has 0 aliphatic carbocycles. The number of sulfone groups is 1. The Morgan fingerprint density at radius 3 is 2.58 bits per heavy atom. The molecule has 136 valence electrons. The molecule has 0 fully saturated rings. The van der Waals surface area contributed by atoms with E-state index in [9.17, 15) is 13.2 Å². The molecule has 1 N–H and O–H groups in total. The Hall–Kier alpha value is -2.67. The standard InChI is InChI=1S/C19H21N3O3S/c1-26(24,25)13-15-7-9-16(10-8-15)19(23)20-11-4-12-22-14-21-17-5-2-3-6-18(17)22/h2-3,5-10,14H,4,11-13H2,1H3,(H,20,23). The monoisotopic (exact) mass is 371 g/mol. The largest absolute Gasteiger partial charge is 0.352 e. The van der Waals surface area contributed by atoms with Gasteiger partial charge in [-0.15, -0.1) is 0 Å². The van der Waals surface area contributed by atoms with Crippen LogP contribution in [0.25, 0.3) is 11.0 Å². The van der Waals surface area contributed by atoms with Crippen LogP contribution < -0.4 is 5.32 Å². The van der Waals surface area contributed by atoms with E-state index in [1.165, 1.54) is 6.26 Å². The number of rotatable bonds is 7. The predicted octanol–water partition coefficient (Wildman–Crippen LogP) is 2.40. The molecule has 7 heteroatoms. The van der Waals surface area contributed by atoms with Crippen LogP contribution >= 0.6 is 0 Å². The van der Waals surface area contributed by atoms with E-state index < -0.39 is 9.84 Å². The average Bonchev–Trinajstić information content (AvgIpc) is 3.01. The van der Waals surface area contributed by atoms with Gasteiger partial charge in [-0.1, -0.05) is 24.3 Å². The molecule has 0 radical (unpaired) electrons. The number of imidazole rings is 1. The SMILES string of the molecule is CS(=O)(=O)Cc1ccc(C(=O)NCCCn2cnc3ccccc32)cc1. The summed E-state index contributed by atoms with van der Waals surface area (Å²) >= 11 is 0. The van der Waals surface area contributed by atoms with E-state index in [0.29, 0.717) is 17.7 Å². The Bertz CT molecular complexity index is 1010. The minimum atomic E-state index is -3.07. The fraction of sp³-hybridized carbons (Fsp3) is 0.263. The first-order valence-electron chi connectivity index (χ1n) is 8.37. The summed E-state index contributed by atoms with van der Waals surface area (Å²) in [6.45, 7) is 1.32. The van der Waals surface area contributed by atoms with Crippen LogP contribution in [-0.2, 0) is 22.1 Å². The molecule has 1 amide bonds. The molecular weight excluding hydrogens is 350 g/mol. The van der Waals surface area contributed by atoms with Crippen molar-refractivity contribution in [2.75, 3.05) is 12.8 Å². The van der Waals surface area contributed by atoms with E-state index in [1.807, 2.05) is 30.6 Å². The summed E-state index contributed by atoms with van der Waals surface area (Å²) < 4.78 is 24.6. The van der Waals surface area contributed by atoms with Crippen LogP contribution in [0.3, 0.4) is 0 Å². The van der Waals surface area contributed by atoms with E-state index >= 15 is 0 Å². The topological polar surface area (TPSA) is 81.1 Å². The first kappa shape index (κ1) is 18.1. The number of aromatic nitrogens is 2. The van der Waals surface area contributed by atoms with Crippen molar-refractivity contribution in [1.82, 2.24) is 14.9 Å². The second-order valence-corrected chi connectivity index (χ2v) is 8.44. The minimum absolute atomic E-state index is 0.0201. The predicted molar refractivity (Wildman–Crippen MR) is 102 cm³/mol. The third-order valence-electron chi connectivity index (χ3n) is 4.03. The number of hydrogen-bond acceptors (Lipinski definition) is 4. The fourth-order valence-electron chi connectivity index (χ4n) is 2.80. The lowest BCUT2D eigenvalue weighted by Gasteiger charge is -2.07. The molecule has 1 heterocycles. The number of amides is 1. The van der Waals surface area contributed by atoms with Crippen LogP contribution in [0.4, 0.5) is 0 Å². The molecule has 0 bridgehead atoms. The van der Waals surface area contributed by atoms with Crippen LogP contribution in [0.5, 0.6) is 0 Å². The maximum Gasteiger partial charge on any atom is 0.251 e. The van der Waals surface area contributed by atoms with Crippen molar-refractivity contribution >= 4 is 26.8 Å². The lowest BCUT2D eigenvalue weighted by molar-refractivity contribution is 0.0953. The number of nitrogens with one attached hydrogen (secondary N) is 1. The lowest BCUT2D eigenvalue weighted by atomic mass is 10.1. The highest BCUT2D eigenvalue weighted by atomic mass is 32.2. The van der Waals surface area contributed by atoms with Gasteiger partial charge in [0, 0.05) is 24.9 Å². The number of nitrogens with zero attached hydrogens (tertiary/aromatic N) is 2. The zero-order valence-electron chi connectivity index (χ0n) is 14.6. The quantitative estimate of drug-likeness (QED) is 0.647. The Labute approximate surface area is 152 Å². The van der Waals surface area contributed by atoms with Gasteiger partial charge in [0.1, 0.15) is 0 Å². The minimum Gasteiger partial charge on any atom is -0.352 e. The van der Waals surface area contributed by atoms with Gasteiger partial charge in [-0.05, 0) is 36.2 Å². The molecule has 26 heavy (non-hydrogen) atoms. The van der Waals surface area contributed by atoms with Crippen LogP contribution in [0.2, 0.25) is 0 Å². The molecular formula is C19H21N3O3S. The van der Waals surface area contributed by atoms with Gasteiger partial charge >= 0.3 is 0 Å². The Kier molecular flexibility index (Phi) is 5.37. The summed E-state index contributed by atoms with van der Waals surface area (Å²) in [5.41, 5.74) is 3.25. The van der Waals surface area contributed by atoms with Crippen LogP contribution in [0.1, 0.15) is 22.3 Å². The van der Waals surface area contributed by atoms with Gasteiger partial charge in [-0.2, -0.15) is 0 Å². The Morgan fingerprint density at radius 2 is 1.85 bits per heavy atom. The zero-order valence-corrected chi connectivity index (χ0v) is 15.4. The van der Waals surface area contributed by atoms with Gasteiger partial charge in [0.15, 0.2) is 9.84 Å². The van der Waals surface area contributed by atoms with Crippen LogP contribution in [0, 0.1) is 0 Å². The van der Waals surface area contributed by atoms with Crippen molar-refractivity contribution in [3.8, 4) is 0 Å². The number of fused-ring (bicyclic) bond motifs is 1. The second kappa shape index (κ2) is 7.70. The summed E-state index contributed by atoms with van der Waals surface area (Å²) in [6.07, 6.45) is 3.79. The van der Waals surface area contributed by atoms with Gasteiger partial charge in [0.25, 0.3) is 5.91 Å². The number of benzene rings is 2. The van der Waals surface area contributed by atoms with Gasteiger partial charge < -0.3 is 9.88 Å². The number of carbonyl (C=O) groups is 1. The summed E-state index contributed by atoms with van der Waals surface area (Å²) in [6, 6.07) is 14.6. The van der Waals surface area contributed by atoms with E-state index in [-0.39, 0.29) is 11.7 Å². The average molecular weight is 371 g/mol. The molecule has 0 spiro atoms. The Balaban J connectivity index is 1.49. The zero-order chi connectivity index (χ0) is 18.6. The summed E-state index contributed by atoms with van der Waals surface area (Å²) in [5.74, 6) is -0.181. The Morgan fingerprint density at radius 1 is 1.12 bits per heavy atom. The van der Waals surface area contributed by atoms with E-state index in [2.05, 4.69) is 14.9 Å². The first-order chi connectivity index (χ1) is 12.4. The summed E-state index contributed by atoms with van der Waals surface area (Å²) in [5, 5.41) is 2.89. The normalized spacial score (nSPS) is 11.6. The van der Waals surface area contributed by atoms with Crippen molar-refractivity contribution < 1.29 is 13.2 Å². The lowest BCUT2D eigenvalue weighted by Crippen LogP contribution is -2.25. The molecule has 0 aliphatic rings. The van der Waals surface area contributed by atoms with Crippen molar-refractivity contribution in [2.24, 2.45) is 0 Å². The molecule has 1 aromatic heterocycles. The molecule has 0 saturated heterocycles. The first-order valence-corrected chi connectivity index (χ1v) is 10.4. The number of aryl methyl sites for hydroxylation is 1. The maximum atomic E-state index is 12.2. The van der Waals surface area contributed by atoms with Gasteiger partial charge in [-0.3, -0.25) is 4.79 Å². The molecule has 3 aromatic rings. The highest BCUT2D eigenvalue weighted by Crippen LogP contribution is 2.12. The van der Waals surface area contributed by atoms with E-state index in [1.54, 1.807) is 24.3 Å².